The van der Waals surface area contributed by atoms with Gasteiger partial charge in [-0.2, -0.15) is 0 Å². The second kappa shape index (κ2) is 3.69. The molecule has 0 radical (unpaired) electrons. The summed E-state index contributed by atoms with van der Waals surface area (Å²) in [5, 5.41) is 8.86. The Bertz CT molecular complexity index is 185. The van der Waals surface area contributed by atoms with Crippen LogP contribution in [0.3, 0.4) is 0 Å². The first-order valence-corrected chi connectivity index (χ1v) is 5.58. The lowest BCUT2D eigenvalue weighted by atomic mass is 10.5. The molecule has 0 aromatic heterocycles. The molecule has 2 atom stereocenters. The number of aliphatic hydroxyl groups is 1. The Morgan fingerprint density at radius 2 is 2.00 bits per heavy atom. The summed E-state index contributed by atoms with van der Waals surface area (Å²) in [5.41, 5.74) is 0. The number of halogens is 1. The van der Waals surface area contributed by atoms with Crippen LogP contribution >= 0.6 is 15.9 Å². The molecule has 0 saturated carbocycles. The Hall–Kier alpha value is 0.390. The molecule has 0 aliphatic carbocycles. The van der Waals surface area contributed by atoms with Crippen LogP contribution in [0, 0.1) is 0 Å². The van der Waals surface area contributed by atoms with Gasteiger partial charge in [0.15, 0.2) is 9.84 Å². The van der Waals surface area contributed by atoms with Crippen LogP contribution in [0.4, 0.5) is 0 Å². The van der Waals surface area contributed by atoms with E-state index in [0.29, 0.717) is 0 Å². The van der Waals surface area contributed by atoms with Gasteiger partial charge in [0.2, 0.25) is 0 Å². The summed E-state index contributed by atoms with van der Waals surface area (Å²) in [6.45, 7) is 2.98. The third kappa shape index (κ3) is 2.56. The van der Waals surface area contributed by atoms with Gasteiger partial charge in [0.05, 0.1) is 6.10 Å². The van der Waals surface area contributed by atoms with E-state index in [-0.39, 0.29) is 5.75 Å². The predicted octanol–water partition coefficient (Wildman–Crippen LogP) is 0.523. The van der Waals surface area contributed by atoms with E-state index in [2.05, 4.69) is 15.9 Å². The van der Waals surface area contributed by atoms with Gasteiger partial charge >= 0.3 is 0 Å². The zero-order valence-corrected chi connectivity index (χ0v) is 8.31. The molecule has 0 fully saturated rings. The number of sulfone groups is 1. The van der Waals surface area contributed by atoms with Crippen molar-refractivity contribution in [3.05, 3.63) is 0 Å². The third-order valence-electron chi connectivity index (χ3n) is 1.12. The summed E-state index contributed by atoms with van der Waals surface area (Å²) in [6, 6.07) is 0. The van der Waals surface area contributed by atoms with Gasteiger partial charge in [-0.25, -0.2) is 8.42 Å². The number of rotatable bonds is 3. The molecular weight excluding hydrogens is 220 g/mol. The van der Waals surface area contributed by atoms with Crippen LogP contribution < -0.4 is 0 Å². The summed E-state index contributed by atoms with van der Waals surface area (Å²) in [5.74, 6) is 0.0494. The zero-order chi connectivity index (χ0) is 8.36. The van der Waals surface area contributed by atoms with Crippen molar-refractivity contribution >= 4 is 25.8 Å². The van der Waals surface area contributed by atoms with Crippen molar-refractivity contribution in [3.8, 4) is 0 Å². The van der Waals surface area contributed by atoms with E-state index >= 15 is 0 Å². The first-order chi connectivity index (χ1) is 4.41. The van der Waals surface area contributed by atoms with E-state index in [4.69, 9.17) is 5.11 Å². The standard InChI is InChI=1S/C5H11BrO3S/c1-3-10(8,9)5(6)4(2)7/h4-5,7H,3H2,1-2H3/t4-,5-/m1/s1. The number of alkyl halides is 1. The van der Waals surface area contributed by atoms with Crippen molar-refractivity contribution in [1.82, 2.24) is 0 Å². The largest absolute Gasteiger partial charge is 0.391 e. The molecule has 0 heterocycles. The van der Waals surface area contributed by atoms with Crippen LogP contribution in [-0.4, -0.2) is 29.5 Å². The molecular formula is C5H11BrO3S. The fraction of sp³-hybridized carbons (Fsp3) is 1.00. The van der Waals surface area contributed by atoms with E-state index in [9.17, 15) is 8.42 Å². The van der Waals surface area contributed by atoms with Gasteiger partial charge in [-0.3, -0.25) is 0 Å². The normalized spacial score (nSPS) is 18.4. The van der Waals surface area contributed by atoms with Crippen molar-refractivity contribution < 1.29 is 13.5 Å². The predicted molar refractivity (Wildman–Crippen MR) is 43.9 cm³/mol. The van der Waals surface area contributed by atoms with Gasteiger partial charge in [0.25, 0.3) is 0 Å². The molecule has 0 rings (SSSR count). The second-order valence-electron chi connectivity index (χ2n) is 2.04. The highest BCUT2D eigenvalue weighted by molar-refractivity contribution is 9.11. The van der Waals surface area contributed by atoms with Gasteiger partial charge in [0, 0.05) is 5.75 Å². The lowest BCUT2D eigenvalue weighted by molar-refractivity contribution is 0.211. The van der Waals surface area contributed by atoms with E-state index in [1.165, 1.54) is 6.92 Å². The maximum atomic E-state index is 10.9. The molecule has 3 nitrogen and oxygen atoms in total. The first-order valence-electron chi connectivity index (χ1n) is 2.95. The molecule has 0 aliphatic rings. The number of hydrogen-bond donors (Lipinski definition) is 1. The maximum Gasteiger partial charge on any atom is 0.165 e. The van der Waals surface area contributed by atoms with Crippen molar-refractivity contribution in [2.24, 2.45) is 0 Å². The van der Waals surface area contributed by atoms with Gasteiger partial charge in [-0.1, -0.05) is 22.9 Å². The minimum Gasteiger partial charge on any atom is -0.391 e. The highest BCUT2D eigenvalue weighted by atomic mass is 79.9. The Morgan fingerprint density at radius 1 is 1.60 bits per heavy atom. The second-order valence-corrected chi connectivity index (χ2v) is 6.05. The summed E-state index contributed by atoms with van der Waals surface area (Å²) in [6.07, 6.45) is -0.857. The number of hydrogen-bond acceptors (Lipinski definition) is 3. The Balaban J connectivity index is 4.35. The Labute approximate surface area is 69.5 Å². The van der Waals surface area contributed by atoms with Crippen LogP contribution in [0.25, 0.3) is 0 Å². The number of aliphatic hydroxyl groups excluding tert-OH is 1. The molecule has 0 spiro atoms. The SMILES string of the molecule is CCS(=O)(=O)[C@@H](Br)[C@@H](C)O. The van der Waals surface area contributed by atoms with Gasteiger partial charge in [-0.05, 0) is 6.92 Å². The Morgan fingerprint density at radius 3 is 2.10 bits per heavy atom. The van der Waals surface area contributed by atoms with E-state index in [1.807, 2.05) is 0 Å². The summed E-state index contributed by atoms with van der Waals surface area (Å²) < 4.78 is 21.0. The fourth-order valence-corrected chi connectivity index (χ4v) is 2.17. The molecule has 0 aromatic rings. The van der Waals surface area contributed by atoms with E-state index < -0.39 is 20.1 Å². The van der Waals surface area contributed by atoms with Crippen LogP contribution in [-0.2, 0) is 9.84 Å². The first kappa shape index (κ1) is 10.4. The van der Waals surface area contributed by atoms with Crippen LogP contribution in [0.5, 0.6) is 0 Å². The third-order valence-corrected chi connectivity index (χ3v) is 5.48. The lowest BCUT2D eigenvalue weighted by Gasteiger charge is -2.11. The molecule has 0 amide bonds. The fourth-order valence-electron chi connectivity index (χ4n) is 0.459. The average Bonchev–Trinajstić information content (AvgIpc) is 1.86. The Kier molecular flexibility index (Phi) is 3.83. The monoisotopic (exact) mass is 230 g/mol. The van der Waals surface area contributed by atoms with E-state index in [0.717, 1.165) is 0 Å². The summed E-state index contributed by atoms with van der Waals surface area (Å²) in [4.78, 5) is 0. The highest BCUT2D eigenvalue weighted by Crippen LogP contribution is 2.13. The topological polar surface area (TPSA) is 54.4 Å². The average molecular weight is 231 g/mol. The zero-order valence-electron chi connectivity index (χ0n) is 5.91. The van der Waals surface area contributed by atoms with Crippen LogP contribution in [0.1, 0.15) is 13.8 Å². The molecule has 10 heavy (non-hydrogen) atoms. The van der Waals surface area contributed by atoms with Gasteiger partial charge in [-0.15, -0.1) is 0 Å². The lowest BCUT2D eigenvalue weighted by Crippen LogP contribution is -2.27. The molecule has 0 aliphatic heterocycles. The van der Waals surface area contributed by atoms with Crippen molar-refractivity contribution in [1.29, 1.82) is 0 Å². The van der Waals surface area contributed by atoms with Crippen LogP contribution in [0.15, 0.2) is 0 Å². The minimum absolute atomic E-state index is 0.0494. The van der Waals surface area contributed by atoms with Crippen LogP contribution in [0.2, 0.25) is 0 Å². The van der Waals surface area contributed by atoms with Crippen molar-refractivity contribution in [2.45, 2.75) is 24.1 Å². The quantitative estimate of drug-likeness (QED) is 0.720. The molecule has 0 saturated heterocycles. The molecule has 0 unspecified atom stereocenters. The van der Waals surface area contributed by atoms with Crippen molar-refractivity contribution in [2.75, 3.05) is 5.75 Å². The molecule has 0 bridgehead atoms. The van der Waals surface area contributed by atoms with Crippen molar-refractivity contribution in [3.63, 3.8) is 0 Å². The smallest absolute Gasteiger partial charge is 0.165 e. The molecule has 62 valence electrons. The van der Waals surface area contributed by atoms with Gasteiger partial charge < -0.3 is 5.11 Å². The van der Waals surface area contributed by atoms with Gasteiger partial charge in [0.1, 0.15) is 4.16 Å². The molecule has 5 heteroatoms. The molecule has 0 aromatic carbocycles. The maximum absolute atomic E-state index is 10.9. The highest BCUT2D eigenvalue weighted by Gasteiger charge is 2.24. The summed E-state index contributed by atoms with van der Waals surface area (Å²) >= 11 is 2.89. The molecule has 1 N–H and O–H groups in total. The summed E-state index contributed by atoms with van der Waals surface area (Å²) in [7, 11) is -3.13. The minimum atomic E-state index is -3.13. The van der Waals surface area contributed by atoms with E-state index in [1.54, 1.807) is 6.92 Å².